The third-order valence-corrected chi connectivity index (χ3v) is 2.77. The van der Waals surface area contributed by atoms with E-state index in [-0.39, 0.29) is 5.69 Å². The van der Waals surface area contributed by atoms with E-state index in [9.17, 15) is 14.9 Å². The van der Waals surface area contributed by atoms with Crippen LogP contribution in [0.4, 0.5) is 11.4 Å². The molecule has 1 aromatic carbocycles. The van der Waals surface area contributed by atoms with Gasteiger partial charge in [-0.1, -0.05) is 0 Å². The summed E-state index contributed by atoms with van der Waals surface area (Å²) < 4.78 is 1.51. The summed E-state index contributed by atoms with van der Waals surface area (Å²) in [6, 6.07) is 6.86. The van der Waals surface area contributed by atoms with Gasteiger partial charge in [-0.05, 0) is 38.1 Å². The van der Waals surface area contributed by atoms with E-state index in [1.54, 1.807) is 38.1 Å². The molecule has 0 unspecified atom stereocenters. The second kappa shape index (κ2) is 4.89. The molecule has 0 aliphatic carbocycles. The molecule has 1 N–H and O–H groups in total. The Balaban J connectivity index is 2.44. The Morgan fingerprint density at radius 3 is 2.42 bits per heavy atom. The predicted molar refractivity (Wildman–Crippen MR) is 69.4 cm³/mol. The van der Waals surface area contributed by atoms with Gasteiger partial charge in [0.25, 0.3) is 0 Å². The van der Waals surface area contributed by atoms with E-state index < -0.39 is 4.92 Å². The highest BCUT2D eigenvalue weighted by atomic mass is 16.6. The highest BCUT2D eigenvalue weighted by Crippen LogP contribution is 2.25. The summed E-state index contributed by atoms with van der Waals surface area (Å²) in [6.07, 6.45) is 0.586. The minimum Gasteiger partial charge on any atom is -0.329 e. The highest BCUT2D eigenvalue weighted by Gasteiger charge is 2.22. The number of aryl methyl sites for hydroxylation is 1. The van der Waals surface area contributed by atoms with Crippen LogP contribution in [0, 0.1) is 24.0 Å². The number of amides is 1. The number of carbonyl (C=O) groups is 1. The molecule has 0 radical (unpaired) electrons. The van der Waals surface area contributed by atoms with E-state index in [1.807, 2.05) is 0 Å². The van der Waals surface area contributed by atoms with Crippen LogP contribution < -0.4 is 5.32 Å². The Bertz CT molecular complexity index is 631. The van der Waals surface area contributed by atoms with Crippen molar-refractivity contribution in [1.29, 1.82) is 0 Å². The van der Waals surface area contributed by atoms with Gasteiger partial charge in [-0.15, -0.1) is 0 Å². The van der Waals surface area contributed by atoms with Crippen molar-refractivity contribution >= 4 is 17.8 Å². The lowest BCUT2D eigenvalue weighted by Crippen LogP contribution is -2.00. The zero-order valence-electron chi connectivity index (χ0n) is 10.5. The molecule has 7 heteroatoms. The number of hydrogen-bond acceptors (Lipinski definition) is 4. The highest BCUT2D eigenvalue weighted by molar-refractivity contribution is 5.71. The number of hydrogen-bond donors (Lipinski definition) is 1. The molecule has 2 rings (SSSR count). The van der Waals surface area contributed by atoms with Crippen LogP contribution in [0.5, 0.6) is 0 Å². The Hall–Kier alpha value is -2.70. The fourth-order valence-electron chi connectivity index (χ4n) is 1.92. The van der Waals surface area contributed by atoms with E-state index in [4.69, 9.17) is 0 Å². The molecule has 7 nitrogen and oxygen atoms in total. The minimum atomic E-state index is -0.434. The molecule has 0 aliphatic heterocycles. The summed E-state index contributed by atoms with van der Waals surface area (Å²) in [5, 5.41) is 17.6. The summed E-state index contributed by atoms with van der Waals surface area (Å²) in [5.74, 6) is 0. The zero-order valence-corrected chi connectivity index (χ0v) is 10.5. The molecule has 19 heavy (non-hydrogen) atoms. The minimum absolute atomic E-state index is 0.0232. The molecule has 98 valence electrons. The maximum absolute atomic E-state index is 10.9. The molecule has 0 fully saturated rings. The smallest absolute Gasteiger partial charge is 0.313 e. The monoisotopic (exact) mass is 260 g/mol. The first-order chi connectivity index (χ1) is 9.04. The summed E-state index contributed by atoms with van der Waals surface area (Å²) in [5.41, 5.74) is 2.21. The average molecular weight is 260 g/mol. The molecule has 0 spiro atoms. The van der Waals surface area contributed by atoms with Gasteiger partial charge < -0.3 is 5.32 Å². The van der Waals surface area contributed by atoms with Gasteiger partial charge in [0, 0.05) is 5.69 Å². The molecule has 2 aromatic rings. The summed E-state index contributed by atoms with van der Waals surface area (Å²) in [7, 11) is 0. The van der Waals surface area contributed by atoms with Gasteiger partial charge >= 0.3 is 5.69 Å². The fourth-order valence-corrected chi connectivity index (χ4v) is 1.92. The molecule has 0 bridgehead atoms. The topological polar surface area (TPSA) is 90.1 Å². The first kappa shape index (κ1) is 12.7. The number of aromatic nitrogens is 2. The summed E-state index contributed by atoms with van der Waals surface area (Å²) in [4.78, 5) is 20.8. The third kappa shape index (κ3) is 2.30. The number of carbonyl (C=O) groups excluding carboxylic acids is 1. The van der Waals surface area contributed by atoms with Gasteiger partial charge in [-0.25, -0.2) is 4.68 Å². The Morgan fingerprint density at radius 1 is 1.32 bits per heavy atom. The SMILES string of the molecule is Cc1nn(-c2ccc(NC=O)cc2)c(C)c1[N+](=O)[O-]. The van der Waals surface area contributed by atoms with E-state index in [0.717, 1.165) is 0 Å². The molecular formula is C12H12N4O3. The quantitative estimate of drug-likeness (QED) is 0.517. The Kier molecular flexibility index (Phi) is 3.28. The second-order valence-corrected chi connectivity index (χ2v) is 4.00. The molecule has 0 aliphatic rings. The van der Waals surface area contributed by atoms with Crippen LogP contribution in [0.1, 0.15) is 11.4 Å². The first-order valence-corrected chi connectivity index (χ1v) is 5.56. The fraction of sp³-hybridized carbons (Fsp3) is 0.167. The maximum Gasteiger partial charge on any atom is 0.313 e. The number of rotatable bonds is 4. The van der Waals surface area contributed by atoms with Gasteiger partial charge in [0.15, 0.2) is 0 Å². The molecular weight excluding hydrogens is 248 g/mol. The van der Waals surface area contributed by atoms with Crippen molar-refractivity contribution in [1.82, 2.24) is 9.78 Å². The van der Waals surface area contributed by atoms with Crippen LogP contribution in [0.3, 0.4) is 0 Å². The lowest BCUT2D eigenvalue weighted by atomic mass is 10.2. The summed E-state index contributed by atoms with van der Waals surface area (Å²) >= 11 is 0. The van der Waals surface area contributed by atoms with Crippen LogP contribution >= 0.6 is 0 Å². The average Bonchev–Trinajstić information content (AvgIpc) is 2.66. The molecule has 1 heterocycles. The number of nitro groups is 1. The van der Waals surface area contributed by atoms with Gasteiger partial charge in [0.2, 0.25) is 6.41 Å². The number of nitrogens with zero attached hydrogens (tertiary/aromatic N) is 3. The molecule has 0 saturated heterocycles. The predicted octanol–water partition coefficient (Wildman–Crippen LogP) is 1.97. The van der Waals surface area contributed by atoms with Crippen LogP contribution in [-0.2, 0) is 4.79 Å². The van der Waals surface area contributed by atoms with Crippen molar-refractivity contribution in [2.45, 2.75) is 13.8 Å². The van der Waals surface area contributed by atoms with Crippen LogP contribution in [0.15, 0.2) is 24.3 Å². The largest absolute Gasteiger partial charge is 0.329 e. The van der Waals surface area contributed by atoms with Gasteiger partial charge in [-0.2, -0.15) is 5.10 Å². The van der Waals surface area contributed by atoms with Crippen LogP contribution in [0.25, 0.3) is 5.69 Å². The van der Waals surface area contributed by atoms with Crippen molar-refractivity contribution in [3.8, 4) is 5.69 Å². The maximum atomic E-state index is 10.9. The first-order valence-electron chi connectivity index (χ1n) is 5.56. The zero-order chi connectivity index (χ0) is 14.0. The standard InChI is InChI=1S/C12H12N4O3/c1-8-12(16(18)19)9(2)15(14-8)11-5-3-10(4-6-11)13-7-17/h3-7H,1-2H3,(H,13,17). The number of anilines is 1. The van der Waals surface area contributed by atoms with E-state index in [1.165, 1.54) is 4.68 Å². The number of nitrogens with one attached hydrogen (secondary N) is 1. The van der Waals surface area contributed by atoms with E-state index in [0.29, 0.717) is 29.2 Å². The van der Waals surface area contributed by atoms with E-state index in [2.05, 4.69) is 10.4 Å². The van der Waals surface area contributed by atoms with Crippen LogP contribution in [0.2, 0.25) is 0 Å². The Morgan fingerprint density at radius 2 is 1.95 bits per heavy atom. The summed E-state index contributed by atoms with van der Waals surface area (Å²) in [6.45, 7) is 3.25. The lowest BCUT2D eigenvalue weighted by Gasteiger charge is -2.04. The second-order valence-electron chi connectivity index (χ2n) is 4.00. The van der Waals surface area contributed by atoms with Gasteiger partial charge in [0.05, 0.1) is 10.6 Å². The van der Waals surface area contributed by atoms with Crippen molar-refractivity contribution in [2.24, 2.45) is 0 Å². The van der Waals surface area contributed by atoms with Crippen LogP contribution in [-0.4, -0.2) is 21.1 Å². The number of benzene rings is 1. The lowest BCUT2D eigenvalue weighted by molar-refractivity contribution is -0.386. The third-order valence-electron chi connectivity index (χ3n) is 2.77. The van der Waals surface area contributed by atoms with Gasteiger partial charge in [-0.3, -0.25) is 14.9 Å². The van der Waals surface area contributed by atoms with Crippen molar-refractivity contribution in [2.75, 3.05) is 5.32 Å². The van der Waals surface area contributed by atoms with Crippen molar-refractivity contribution < 1.29 is 9.72 Å². The van der Waals surface area contributed by atoms with Crippen molar-refractivity contribution in [3.63, 3.8) is 0 Å². The Labute approximate surface area is 109 Å². The molecule has 1 aromatic heterocycles. The van der Waals surface area contributed by atoms with Gasteiger partial charge in [0.1, 0.15) is 11.4 Å². The molecule has 0 saturated carbocycles. The van der Waals surface area contributed by atoms with Crippen molar-refractivity contribution in [3.05, 3.63) is 45.8 Å². The molecule has 0 atom stereocenters. The molecule has 1 amide bonds. The normalized spacial score (nSPS) is 10.2. The van der Waals surface area contributed by atoms with E-state index >= 15 is 0 Å².